The van der Waals surface area contributed by atoms with Crippen molar-refractivity contribution in [1.29, 1.82) is 0 Å². The highest BCUT2D eigenvalue weighted by atomic mass is 32.2. The number of thioether (sulfide) groups is 1. The zero-order valence-electron chi connectivity index (χ0n) is 11.7. The standard InChI is InChI=1S/C13H28N2OS/c1-12(2,3)11(16)9-15-7-5-13(10-14,17-4)6-8-15/h11,16H,5-10,14H2,1-4H3. The average Bonchev–Trinajstić information content (AvgIpc) is 2.29. The molecule has 0 aromatic carbocycles. The third-order valence-corrected chi connectivity index (χ3v) is 5.44. The van der Waals surface area contributed by atoms with E-state index in [4.69, 9.17) is 5.73 Å². The summed E-state index contributed by atoms with van der Waals surface area (Å²) in [6.45, 7) is 9.95. The van der Waals surface area contributed by atoms with E-state index in [1.165, 1.54) is 0 Å². The van der Waals surface area contributed by atoms with E-state index in [2.05, 4.69) is 31.9 Å². The van der Waals surface area contributed by atoms with Crippen LogP contribution < -0.4 is 5.73 Å². The molecule has 1 aliphatic rings. The van der Waals surface area contributed by atoms with Crippen molar-refractivity contribution >= 4 is 11.8 Å². The molecule has 0 saturated carbocycles. The van der Waals surface area contributed by atoms with E-state index in [-0.39, 0.29) is 16.3 Å². The molecule has 0 aliphatic carbocycles. The van der Waals surface area contributed by atoms with Gasteiger partial charge in [0.05, 0.1) is 6.10 Å². The van der Waals surface area contributed by atoms with Crippen LogP contribution in [0.25, 0.3) is 0 Å². The van der Waals surface area contributed by atoms with Crippen LogP contribution in [0.3, 0.4) is 0 Å². The van der Waals surface area contributed by atoms with Gasteiger partial charge in [-0.15, -0.1) is 0 Å². The predicted octanol–water partition coefficient (Wildman–Crippen LogP) is 1.55. The van der Waals surface area contributed by atoms with Crippen molar-refractivity contribution in [3.8, 4) is 0 Å². The molecular formula is C13H28N2OS. The van der Waals surface area contributed by atoms with Crippen molar-refractivity contribution in [1.82, 2.24) is 4.90 Å². The average molecular weight is 260 g/mol. The summed E-state index contributed by atoms with van der Waals surface area (Å²) in [4.78, 5) is 2.38. The summed E-state index contributed by atoms with van der Waals surface area (Å²) in [5, 5.41) is 10.1. The highest BCUT2D eigenvalue weighted by Crippen LogP contribution is 2.33. The third-order valence-electron chi connectivity index (χ3n) is 4.00. The summed E-state index contributed by atoms with van der Waals surface area (Å²) in [5.74, 6) is 0. The van der Waals surface area contributed by atoms with Crippen LogP contribution in [0.2, 0.25) is 0 Å². The number of nitrogens with zero attached hydrogens (tertiary/aromatic N) is 1. The van der Waals surface area contributed by atoms with Crippen LogP contribution in [0.5, 0.6) is 0 Å². The molecule has 0 bridgehead atoms. The number of rotatable bonds is 4. The third kappa shape index (κ3) is 4.12. The highest BCUT2D eigenvalue weighted by molar-refractivity contribution is 8.00. The molecule has 1 saturated heterocycles. The van der Waals surface area contributed by atoms with Crippen molar-refractivity contribution in [2.75, 3.05) is 32.4 Å². The van der Waals surface area contributed by atoms with Gasteiger partial charge in [-0.2, -0.15) is 11.8 Å². The lowest BCUT2D eigenvalue weighted by molar-refractivity contribution is 0.0210. The van der Waals surface area contributed by atoms with Crippen molar-refractivity contribution in [2.24, 2.45) is 11.1 Å². The molecule has 1 heterocycles. The van der Waals surface area contributed by atoms with Crippen LogP contribution in [-0.2, 0) is 0 Å². The van der Waals surface area contributed by atoms with E-state index in [0.29, 0.717) is 0 Å². The molecule has 4 heteroatoms. The molecule has 0 amide bonds. The van der Waals surface area contributed by atoms with Crippen LogP contribution in [0, 0.1) is 5.41 Å². The molecule has 1 rings (SSSR count). The van der Waals surface area contributed by atoms with Gasteiger partial charge >= 0.3 is 0 Å². The van der Waals surface area contributed by atoms with Gasteiger partial charge in [-0.05, 0) is 37.6 Å². The Hall–Kier alpha value is 0.230. The van der Waals surface area contributed by atoms with Crippen LogP contribution in [-0.4, -0.2) is 53.3 Å². The monoisotopic (exact) mass is 260 g/mol. The maximum atomic E-state index is 10.1. The number of β-amino-alcohol motifs (C(OH)–C–C–N with tert-alkyl or cyclic N) is 1. The van der Waals surface area contributed by atoms with E-state index in [1.54, 1.807) is 0 Å². The van der Waals surface area contributed by atoms with Crippen LogP contribution in [0.1, 0.15) is 33.6 Å². The number of aliphatic hydroxyl groups excluding tert-OH is 1. The number of likely N-dealkylation sites (tertiary alicyclic amines) is 1. The van der Waals surface area contributed by atoms with E-state index in [0.717, 1.165) is 39.0 Å². The molecule has 1 unspecified atom stereocenters. The minimum absolute atomic E-state index is 0.0259. The Morgan fingerprint density at radius 3 is 2.24 bits per heavy atom. The van der Waals surface area contributed by atoms with Gasteiger partial charge in [-0.1, -0.05) is 20.8 Å². The SMILES string of the molecule is CSC1(CN)CCN(CC(O)C(C)(C)C)CC1. The number of nitrogens with two attached hydrogens (primary N) is 1. The van der Waals surface area contributed by atoms with Gasteiger partial charge in [-0.25, -0.2) is 0 Å². The van der Waals surface area contributed by atoms with Gasteiger partial charge in [-0.3, -0.25) is 0 Å². The van der Waals surface area contributed by atoms with Crippen LogP contribution >= 0.6 is 11.8 Å². The number of hydrogen-bond acceptors (Lipinski definition) is 4. The van der Waals surface area contributed by atoms with Gasteiger partial charge < -0.3 is 15.7 Å². The first-order valence-corrected chi connectivity index (χ1v) is 7.71. The lowest BCUT2D eigenvalue weighted by Gasteiger charge is -2.41. The Bertz CT molecular complexity index is 226. The second-order valence-electron chi connectivity index (χ2n) is 6.27. The van der Waals surface area contributed by atoms with Gasteiger partial charge in [0, 0.05) is 17.8 Å². The fraction of sp³-hybridized carbons (Fsp3) is 1.00. The topological polar surface area (TPSA) is 49.5 Å². The Morgan fingerprint density at radius 1 is 1.35 bits per heavy atom. The van der Waals surface area contributed by atoms with Crippen LogP contribution in [0.15, 0.2) is 0 Å². The summed E-state index contributed by atoms with van der Waals surface area (Å²) in [7, 11) is 0. The first-order chi connectivity index (χ1) is 7.83. The summed E-state index contributed by atoms with van der Waals surface area (Å²) < 4.78 is 0.281. The quantitative estimate of drug-likeness (QED) is 0.805. The molecule has 17 heavy (non-hydrogen) atoms. The van der Waals surface area contributed by atoms with Crippen LogP contribution in [0.4, 0.5) is 0 Å². The molecule has 3 N–H and O–H groups in total. The van der Waals surface area contributed by atoms with Crippen molar-refractivity contribution in [2.45, 2.75) is 44.5 Å². The number of piperidine rings is 1. The Kier molecular flexibility index (Phi) is 5.32. The van der Waals surface area contributed by atoms with Crippen molar-refractivity contribution < 1.29 is 5.11 Å². The number of hydrogen-bond donors (Lipinski definition) is 2. The summed E-state index contributed by atoms with van der Waals surface area (Å²) in [6.07, 6.45) is 4.19. The lowest BCUT2D eigenvalue weighted by Crippen LogP contribution is -2.49. The predicted molar refractivity (Wildman–Crippen MR) is 76.4 cm³/mol. The minimum atomic E-state index is -0.248. The summed E-state index contributed by atoms with van der Waals surface area (Å²) in [6, 6.07) is 0. The Labute approximate surface area is 110 Å². The van der Waals surface area contributed by atoms with Gasteiger partial charge in [0.2, 0.25) is 0 Å². The molecule has 0 spiro atoms. The van der Waals surface area contributed by atoms with Crippen molar-refractivity contribution in [3.05, 3.63) is 0 Å². The fourth-order valence-electron chi connectivity index (χ4n) is 2.15. The molecule has 102 valence electrons. The normalized spacial score (nSPS) is 23.6. The van der Waals surface area contributed by atoms with E-state index >= 15 is 0 Å². The highest BCUT2D eigenvalue weighted by Gasteiger charge is 2.34. The largest absolute Gasteiger partial charge is 0.391 e. The molecule has 0 aromatic rings. The molecule has 3 nitrogen and oxygen atoms in total. The zero-order chi connectivity index (χ0) is 13.1. The smallest absolute Gasteiger partial charge is 0.0715 e. The second kappa shape index (κ2) is 5.91. The Morgan fingerprint density at radius 2 is 1.88 bits per heavy atom. The molecule has 0 radical (unpaired) electrons. The van der Waals surface area contributed by atoms with Gasteiger partial charge in [0.1, 0.15) is 0 Å². The van der Waals surface area contributed by atoms with E-state index in [1.807, 2.05) is 11.8 Å². The lowest BCUT2D eigenvalue weighted by atomic mass is 9.88. The van der Waals surface area contributed by atoms with Gasteiger partial charge in [0.25, 0.3) is 0 Å². The summed E-state index contributed by atoms with van der Waals surface area (Å²) in [5.41, 5.74) is 5.85. The molecule has 1 atom stereocenters. The Balaban J connectivity index is 2.42. The zero-order valence-corrected chi connectivity index (χ0v) is 12.5. The molecular weight excluding hydrogens is 232 g/mol. The van der Waals surface area contributed by atoms with E-state index < -0.39 is 0 Å². The maximum absolute atomic E-state index is 10.1. The van der Waals surface area contributed by atoms with Crippen molar-refractivity contribution in [3.63, 3.8) is 0 Å². The molecule has 1 fully saturated rings. The first-order valence-electron chi connectivity index (χ1n) is 6.49. The summed E-state index contributed by atoms with van der Waals surface area (Å²) >= 11 is 1.91. The number of aliphatic hydroxyl groups is 1. The van der Waals surface area contributed by atoms with E-state index in [9.17, 15) is 5.11 Å². The van der Waals surface area contributed by atoms with Gasteiger partial charge in [0.15, 0.2) is 0 Å². The molecule has 0 aromatic heterocycles. The maximum Gasteiger partial charge on any atom is 0.0715 e. The minimum Gasteiger partial charge on any atom is -0.391 e. The molecule has 1 aliphatic heterocycles. The second-order valence-corrected chi connectivity index (χ2v) is 7.55. The first kappa shape index (κ1) is 15.3. The fourth-order valence-corrected chi connectivity index (χ4v) is 2.91.